The molecule has 1 N–H and O–H groups in total. The summed E-state index contributed by atoms with van der Waals surface area (Å²) in [6.45, 7) is 2.21. The Morgan fingerprint density at radius 2 is 2.30 bits per heavy atom. The van der Waals surface area contributed by atoms with Crippen LogP contribution in [-0.2, 0) is 0 Å². The Morgan fingerprint density at radius 3 is 2.90 bits per heavy atom. The summed E-state index contributed by atoms with van der Waals surface area (Å²) >= 11 is 15.5. The smallest absolute Gasteiger partial charge is 0.251 e. The van der Waals surface area contributed by atoms with Crippen molar-refractivity contribution in [1.29, 1.82) is 0 Å². The number of hydrogen-bond donors (Lipinski definition) is 1. The average Bonchev–Trinajstić information content (AvgIpc) is 2.41. The second-order valence-corrected chi connectivity index (χ2v) is 7.23. The van der Waals surface area contributed by atoms with Crippen molar-refractivity contribution in [3.05, 3.63) is 33.3 Å². The van der Waals surface area contributed by atoms with Gasteiger partial charge in [0.25, 0.3) is 5.91 Å². The maximum atomic E-state index is 12.4. The van der Waals surface area contributed by atoms with Crippen molar-refractivity contribution in [1.82, 2.24) is 5.32 Å². The number of amides is 1. The molecule has 2 atom stereocenters. The van der Waals surface area contributed by atoms with Crippen LogP contribution in [0.25, 0.3) is 0 Å². The monoisotopic (exact) mass is 377 g/mol. The average molecular weight is 379 g/mol. The molecule has 0 spiro atoms. The number of carbonyl (C=O) groups is 1. The third-order valence-electron chi connectivity index (χ3n) is 3.91. The van der Waals surface area contributed by atoms with Crippen LogP contribution in [0.15, 0.2) is 22.7 Å². The molecular weight excluding hydrogens is 361 g/mol. The van der Waals surface area contributed by atoms with Crippen LogP contribution >= 0.6 is 39.1 Å². The third-order valence-corrected chi connectivity index (χ3v) is 5.65. The molecule has 2 unspecified atom stereocenters. The first-order valence-electron chi connectivity index (χ1n) is 6.79. The molecule has 0 radical (unpaired) electrons. The molecule has 110 valence electrons. The first-order valence-corrected chi connectivity index (χ1v) is 8.50. The summed E-state index contributed by atoms with van der Waals surface area (Å²) in [5, 5.41) is 3.67. The highest BCUT2D eigenvalue weighted by Crippen LogP contribution is 2.33. The SMILES string of the molecule is CC1CCCC(CCl)(NC(=O)c2ccc(Br)c(Cl)c2)C1. The first-order chi connectivity index (χ1) is 9.46. The minimum absolute atomic E-state index is 0.103. The molecule has 0 bridgehead atoms. The molecule has 2 nitrogen and oxygen atoms in total. The van der Waals surface area contributed by atoms with Crippen LogP contribution in [-0.4, -0.2) is 17.3 Å². The summed E-state index contributed by atoms with van der Waals surface area (Å²) in [4.78, 5) is 12.4. The van der Waals surface area contributed by atoms with Gasteiger partial charge in [-0.1, -0.05) is 31.4 Å². The van der Waals surface area contributed by atoms with E-state index in [1.807, 2.05) is 0 Å². The number of rotatable bonds is 3. The largest absolute Gasteiger partial charge is 0.345 e. The lowest BCUT2D eigenvalue weighted by molar-refractivity contribution is 0.0867. The Bertz CT molecular complexity index is 509. The molecule has 5 heteroatoms. The molecule has 0 aromatic heterocycles. The van der Waals surface area contributed by atoms with Crippen LogP contribution in [0.3, 0.4) is 0 Å². The molecule has 1 amide bonds. The predicted molar refractivity (Wildman–Crippen MR) is 87.7 cm³/mol. The molecular formula is C15H18BrCl2NO. The summed E-state index contributed by atoms with van der Waals surface area (Å²) in [6.07, 6.45) is 4.19. The maximum Gasteiger partial charge on any atom is 0.251 e. The standard InChI is InChI=1S/C15H18BrCl2NO/c1-10-3-2-6-15(8-10,9-17)19-14(20)11-4-5-12(16)13(18)7-11/h4-5,7,10H,2-3,6,8-9H2,1H3,(H,19,20). The van der Waals surface area contributed by atoms with Gasteiger partial charge in [-0.25, -0.2) is 0 Å². The van der Waals surface area contributed by atoms with Gasteiger partial charge in [0.2, 0.25) is 0 Å². The van der Waals surface area contributed by atoms with Crippen molar-refractivity contribution in [2.75, 3.05) is 5.88 Å². The normalized spacial score (nSPS) is 26.3. The maximum absolute atomic E-state index is 12.4. The number of benzene rings is 1. The minimum atomic E-state index is -0.282. The van der Waals surface area contributed by atoms with Crippen molar-refractivity contribution in [2.45, 2.75) is 38.1 Å². The molecule has 1 aliphatic carbocycles. The fourth-order valence-electron chi connectivity index (χ4n) is 2.88. The Balaban J connectivity index is 2.14. The van der Waals surface area contributed by atoms with E-state index >= 15 is 0 Å². The van der Waals surface area contributed by atoms with Crippen LogP contribution in [0.4, 0.5) is 0 Å². The Morgan fingerprint density at radius 1 is 1.55 bits per heavy atom. The molecule has 0 aliphatic heterocycles. The summed E-state index contributed by atoms with van der Waals surface area (Å²) in [7, 11) is 0. The zero-order valence-corrected chi connectivity index (χ0v) is 14.5. The van der Waals surface area contributed by atoms with Gasteiger partial charge in [0, 0.05) is 15.9 Å². The van der Waals surface area contributed by atoms with Crippen molar-refractivity contribution >= 4 is 45.0 Å². The number of nitrogens with one attached hydrogen (secondary N) is 1. The second kappa shape index (κ2) is 6.67. The third kappa shape index (κ3) is 3.69. The van der Waals surface area contributed by atoms with Crippen LogP contribution in [0.5, 0.6) is 0 Å². The Kier molecular flexibility index (Phi) is 5.38. The Labute approximate surface area is 138 Å². The van der Waals surface area contributed by atoms with Gasteiger partial charge in [-0.05, 0) is 52.9 Å². The molecule has 0 saturated heterocycles. The topological polar surface area (TPSA) is 29.1 Å². The quantitative estimate of drug-likeness (QED) is 0.735. The molecule has 1 saturated carbocycles. The van der Waals surface area contributed by atoms with Gasteiger partial charge in [0.15, 0.2) is 0 Å². The lowest BCUT2D eigenvalue weighted by Crippen LogP contribution is -2.52. The van der Waals surface area contributed by atoms with Gasteiger partial charge in [-0.2, -0.15) is 0 Å². The number of halogens is 3. The van der Waals surface area contributed by atoms with Crippen molar-refractivity contribution in [2.24, 2.45) is 5.92 Å². The van der Waals surface area contributed by atoms with Crippen LogP contribution in [0.1, 0.15) is 43.0 Å². The Hall–Kier alpha value is -0.250. The molecule has 1 aliphatic rings. The van der Waals surface area contributed by atoms with E-state index in [2.05, 4.69) is 28.2 Å². The van der Waals surface area contributed by atoms with Crippen molar-refractivity contribution in [3.63, 3.8) is 0 Å². The van der Waals surface area contributed by atoms with E-state index in [1.54, 1.807) is 18.2 Å². The lowest BCUT2D eigenvalue weighted by atomic mass is 9.77. The highest BCUT2D eigenvalue weighted by atomic mass is 79.9. The summed E-state index contributed by atoms with van der Waals surface area (Å²) in [6, 6.07) is 5.22. The van der Waals surface area contributed by atoms with E-state index in [4.69, 9.17) is 23.2 Å². The highest BCUT2D eigenvalue weighted by molar-refractivity contribution is 9.10. The van der Waals surface area contributed by atoms with E-state index in [0.717, 1.165) is 23.7 Å². The summed E-state index contributed by atoms with van der Waals surface area (Å²) in [5.74, 6) is 0.943. The van der Waals surface area contributed by atoms with E-state index in [1.165, 1.54) is 6.42 Å². The number of alkyl halides is 1. The highest BCUT2D eigenvalue weighted by Gasteiger charge is 2.35. The van der Waals surface area contributed by atoms with E-state index in [0.29, 0.717) is 22.4 Å². The van der Waals surface area contributed by atoms with Gasteiger partial charge in [0.05, 0.1) is 10.6 Å². The molecule has 0 heterocycles. The second-order valence-electron chi connectivity index (χ2n) is 5.70. The fraction of sp³-hybridized carbons (Fsp3) is 0.533. The van der Waals surface area contributed by atoms with E-state index < -0.39 is 0 Å². The van der Waals surface area contributed by atoms with Crippen LogP contribution in [0, 0.1) is 5.92 Å². The molecule has 1 aromatic carbocycles. The van der Waals surface area contributed by atoms with Crippen LogP contribution in [0.2, 0.25) is 5.02 Å². The zero-order chi connectivity index (χ0) is 14.8. The summed E-state index contributed by atoms with van der Waals surface area (Å²) in [5.41, 5.74) is 0.288. The zero-order valence-electron chi connectivity index (χ0n) is 11.4. The fourth-order valence-corrected chi connectivity index (χ4v) is 3.62. The van der Waals surface area contributed by atoms with E-state index in [9.17, 15) is 4.79 Å². The van der Waals surface area contributed by atoms with Gasteiger partial charge in [0.1, 0.15) is 0 Å². The molecule has 1 aromatic rings. The predicted octanol–water partition coefficient (Wildman–Crippen LogP) is 5.02. The van der Waals surface area contributed by atoms with E-state index in [-0.39, 0.29) is 11.4 Å². The first kappa shape index (κ1) is 16.1. The van der Waals surface area contributed by atoms with Crippen molar-refractivity contribution in [3.8, 4) is 0 Å². The van der Waals surface area contributed by atoms with Crippen molar-refractivity contribution < 1.29 is 4.79 Å². The molecule has 20 heavy (non-hydrogen) atoms. The van der Waals surface area contributed by atoms with Crippen LogP contribution < -0.4 is 5.32 Å². The van der Waals surface area contributed by atoms with Gasteiger partial charge in [-0.3, -0.25) is 4.79 Å². The minimum Gasteiger partial charge on any atom is -0.345 e. The number of carbonyl (C=O) groups excluding carboxylic acids is 1. The molecule has 2 rings (SSSR count). The summed E-state index contributed by atoms with van der Waals surface area (Å²) < 4.78 is 0.786. The lowest BCUT2D eigenvalue weighted by Gasteiger charge is -2.39. The number of hydrogen-bond acceptors (Lipinski definition) is 1. The molecule has 1 fully saturated rings. The van der Waals surface area contributed by atoms with Gasteiger partial charge < -0.3 is 5.32 Å². The van der Waals surface area contributed by atoms with Gasteiger partial charge >= 0.3 is 0 Å². The van der Waals surface area contributed by atoms with Gasteiger partial charge in [-0.15, -0.1) is 11.6 Å².